The van der Waals surface area contributed by atoms with Crippen LogP contribution in [0.2, 0.25) is 0 Å². The van der Waals surface area contributed by atoms with Gasteiger partial charge in [0, 0.05) is 19.2 Å². The standard InChI is InChI=1S/C14H12BrF2NOS/c1-18(7-9-5-12(15)20-8-9)13(19)6-10-3-2-4-11(16)14(10)17/h2-5,8H,6-7H2,1H3. The van der Waals surface area contributed by atoms with E-state index in [-0.39, 0.29) is 17.9 Å². The molecule has 0 radical (unpaired) electrons. The topological polar surface area (TPSA) is 20.3 Å². The Hall–Kier alpha value is -1.27. The van der Waals surface area contributed by atoms with E-state index in [1.54, 1.807) is 7.05 Å². The molecule has 0 saturated heterocycles. The van der Waals surface area contributed by atoms with Crippen molar-refractivity contribution in [3.8, 4) is 0 Å². The molecule has 2 rings (SSSR count). The highest BCUT2D eigenvalue weighted by Crippen LogP contribution is 2.21. The number of hydrogen-bond donors (Lipinski definition) is 0. The molecule has 0 unspecified atom stereocenters. The summed E-state index contributed by atoms with van der Waals surface area (Å²) < 4.78 is 27.6. The van der Waals surface area contributed by atoms with Gasteiger partial charge in [-0.15, -0.1) is 11.3 Å². The molecule has 20 heavy (non-hydrogen) atoms. The van der Waals surface area contributed by atoms with Gasteiger partial charge in [-0.2, -0.15) is 0 Å². The molecule has 1 aromatic heterocycles. The van der Waals surface area contributed by atoms with E-state index in [0.29, 0.717) is 6.54 Å². The maximum Gasteiger partial charge on any atom is 0.227 e. The van der Waals surface area contributed by atoms with E-state index < -0.39 is 11.6 Å². The Morgan fingerprint density at radius 3 is 2.80 bits per heavy atom. The molecule has 0 N–H and O–H groups in total. The van der Waals surface area contributed by atoms with Crippen molar-refractivity contribution in [1.82, 2.24) is 4.90 Å². The SMILES string of the molecule is CN(Cc1csc(Br)c1)C(=O)Cc1cccc(F)c1F. The lowest BCUT2D eigenvalue weighted by atomic mass is 10.1. The van der Waals surface area contributed by atoms with Crippen molar-refractivity contribution in [2.75, 3.05) is 7.05 Å². The number of benzene rings is 1. The van der Waals surface area contributed by atoms with Crippen LogP contribution in [0.1, 0.15) is 11.1 Å². The zero-order chi connectivity index (χ0) is 14.7. The fraction of sp³-hybridized carbons (Fsp3) is 0.214. The predicted molar refractivity (Wildman–Crippen MR) is 78.6 cm³/mol. The van der Waals surface area contributed by atoms with Gasteiger partial charge in [0.2, 0.25) is 5.91 Å². The monoisotopic (exact) mass is 359 g/mol. The van der Waals surface area contributed by atoms with E-state index in [1.165, 1.54) is 28.4 Å². The number of amides is 1. The lowest BCUT2D eigenvalue weighted by Gasteiger charge is -2.16. The van der Waals surface area contributed by atoms with Crippen LogP contribution in [0.25, 0.3) is 0 Å². The maximum atomic E-state index is 13.5. The molecule has 0 aliphatic heterocycles. The maximum absolute atomic E-state index is 13.5. The van der Waals surface area contributed by atoms with E-state index in [0.717, 1.165) is 15.4 Å². The van der Waals surface area contributed by atoms with Crippen LogP contribution < -0.4 is 0 Å². The first kappa shape index (κ1) is 15.1. The predicted octanol–water partition coefficient (Wildman–Crippen LogP) is 3.99. The van der Waals surface area contributed by atoms with Gasteiger partial charge in [-0.3, -0.25) is 4.79 Å². The number of carbonyl (C=O) groups is 1. The van der Waals surface area contributed by atoms with Gasteiger partial charge in [0.1, 0.15) is 0 Å². The Morgan fingerprint density at radius 2 is 2.15 bits per heavy atom. The fourth-order valence-electron chi connectivity index (χ4n) is 1.77. The summed E-state index contributed by atoms with van der Waals surface area (Å²) in [5, 5.41) is 1.94. The van der Waals surface area contributed by atoms with Crippen molar-refractivity contribution in [3.05, 3.63) is 56.2 Å². The van der Waals surface area contributed by atoms with Crippen LogP contribution in [0.3, 0.4) is 0 Å². The first-order valence-corrected chi connectivity index (χ1v) is 7.54. The van der Waals surface area contributed by atoms with Crippen molar-refractivity contribution in [2.45, 2.75) is 13.0 Å². The Labute approximate surface area is 128 Å². The molecule has 1 amide bonds. The summed E-state index contributed by atoms with van der Waals surface area (Å²) in [4.78, 5) is 13.5. The molecule has 0 fully saturated rings. The van der Waals surface area contributed by atoms with E-state index >= 15 is 0 Å². The number of likely N-dealkylation sites (N-methyl/N-ethyl adjacent to an activating group) is 1. The highest BCUT2D eigenvalue weighted by molar-refractivity contribution is 9.11. The summed E-state index contributed by atoms with van der Waals surface area (Å²) in [5.74, 6) is -2.14. The molecule has 0 aliphatic rings. The molecule has 1 heterocycles. The average molecular weight is 360 g/mol. The van der Waals surface area contributed by atoms with Crippen LogP contribution in [-0.2, 0) is 17.8 Å². The van der Waals surface area contributed by atoms with Crippen LogP contribution in [0.4, 0.5) is 8.78 Å². The summed E-state index contributed by atoms with van der Waals surface area (Å²) in [7, 11) is 1.64. The van der Waals surface area contributed by atoms with Gasteiger partial charge < -0.3 is 4.90 Å². The van der Waals surface area contributed by atoms with E-state index in [4.69, 9.17) is 0 Å². The van der Waals surface area contributed by atoms with Gasteiger partial charge in [0.15, 0.2) is 11.6 Å². The summed E-state index contributed by atoms with van der Waals surface area (Å²) in [6.07, 6.45) is -0.147. The van der Waals surface area contributed by atoms with Gasteiger partial charge in [0.25, 0.3) is 0 Å². The molecule has 0 atom stereocenters. The van der Waals surface area contributed by atoms with Gasteiger partial charge in [-0.1, -0.05) is 12.1 Å². The lowest BCUT2D eigenvalue weighted by molar-refractivity contribution is -0.129. The van der Waals surface area contributed by atoms with Gasteiger partial charge in [-0.25, -0.2) is 8.78 Å². The number of halogens is 3. The normalized spacial score (nSPS) is 10.6. The molecule has 106 valence electrons. The third-order valence-corrected chi connectivity index (χ3v) is 4.39. The largest absolute Gasteiger partial charge is 0.341 e. The molecule has 6 heteroatoms. The van der Waals surface area contributed by atoms with Gasteiger partial charge in [-0.05, 0) is 39.0 Å². The minimum absolute atomic E-state index is 0.0772. The molecule has 0 saturated carbocycles. The molecule has 1 aromatic carbocycles. The van der Waals surface area contributed by atoms with Crippen molar-refractivity contribution in [3.63, 3.8) is 0 Å². The Balaban J connectivity index is 2.02. The Kier molecular flexibility index (Phi) is 4.88. The number of nitrogens with zero attached hydrogens (tertiary/aromatic N) is 1. The Bertz CT molecular complexity index is 629. The van der Waals surface area contributed by atoms with Crippen LogP contribution in [0, 0.1) is 11.6 Å². The molecule has 0 aliphatic carbocycles. The van der Waals surface area contributed by atoms with Crippen LogP contribution in [0.15, 0.2) is 33.4 Å². The zero-order valence-corrected chi connectivity index (χ0v) is 13.1. The van der Waals surface area contributed by atoms with Gasteiger partial charge >= 0.3 is 0 Å². The van der Waals surface area contributed by atoms with Crippen LogP contribution in [0.5, 0.6) is 0 Å². The summed E-state index contributed by atoms with van der Waals surface area (Å²) >= 11 is 4.89. The van der Waals surface area contributed by atoms with Gasteiger partial charge in [0.05, 0.1) is 10.2 Å². The molecular weight excluding hydrogens is 348 g/mol. The average Bonchev–Trinajstić information content (AvgIpc) is 2.80. The third kappa shape index (κ3) is 3.64. The third-order valence-electron chi connectivity index (χ3n) is 2.84. The summed E-state index contributed by atoms with van der Waals surface area (Å²) in [6.45, 7) is 0.442. The molecular formula is C14H12BrF2NOS. The first-order valence-electron chi connectivity index (χ1n) is 5.87. The van der Waals surface area contributed by atoms with E-state index in [2.05, 4.69) is 15.9 Å². The fourth-order valence-corrected chi connectivity index (χ4v) is 2.97. The van der Waals surface area contributed by atoms with Crippen molar-refractivity contribution >= 4 is 33.2 Å². The molecule has 2 aromatic rings. The number of rotatable bonds is 4. The minimum atomic E-state index is -0.951. The van der Waals surface area contributed by atoms with Crippen molar-refractivity contribution in [1.29, 1.82) is 0 Å². The quantitative estimate of drug-likeness (QED) is 0.808. The van der Waals surface area contributed by atoms with Crippen LogP contribution in [-0.4, -0.2) is 17.9 Å². The molecule has 0 bridgehead atoms. The minimum Gasteiger partial charge on any atom is -0.341 e. The van der Waals surface area contributed by atoms with Crippen molar-refractivity contribution in [2.24, 2.45) is 0 Å². The molecule has 0 spiro atoms. The molecule has 2 nitrogen and oxygen atoms in total. The second kappa shape index (κ2) is 6.45. The van der Waals surface area contributed by atoms with E-state index in [9.17, 15) is 13.6 Å². The summed E-state index contributed by atoms with van der Waals surface area (Å²) in [6, 6.07) is 5.79. The van der Waals surface area contributed by atoms with E-state index in [1.807, 2.05) is 11.4 Å². The number of hydrogen-bond acceptors (Lipinski definition) is 2. The number of carbonyl (C=O) groups excluding carboxylic acids is 1. The second-order valence-electron chi connectivity index (χ2n) is 4.40. The first-order chi connectivity index (χ1) is 9.47. The lowest BCUT2D eigenvalue weighted by Crippen LogP contribution is -2.27. The smallest absolute Gasteiger partial charge is 0.227 e. The highest BCUT2D eigenvalue weighted by atomic mass is 79.9. The van der Waals surface area contributed by atoms with Crippen LogP contribution >= 0.6 is 27.3 Å². The summed E-state index contributed by atoms with van der Waals surface area (Å²) in [5.41, 5.74) is 1.07. The second-order valence-corrected chi connectivity index (χ2v) is 6.69. The highest BCUT2D eigenvalue weighted by Gasteiger charge is 2.15. The Morgan fingerprint density at radius 1 is 1.40 bits per heavy atom. The van der Waals surface area contributed by atoms with Crippen molar-refractivity contribution < 1.29 is 13.6 Å². The zero-order valence-electron chi connectivity index (χ0n) is 10.7. The number of thiophene rings is 1.